The zero-order valence-corrected chi connectivity index (χ0v) is 13.6. The molecule has 2 rings (SSSR count). The normalized spacial score (nSPS) is 11.6. The maximum atomic E-state index is 12.3. The van der Waals surface area contributed by atoms with Crippen molar-refractivity contribution in [3.63, 3.8) is 0 Å². The Hall–Kier alpha value is -2.80. The Morgan fingerprint density at radius 3 is 2.43 bits per heavy atom. The van der Waals surface area contributed by atoms with Gasteiger partial charge in [-0.3, -0.25) is 4.79 Å². The minimum absolute atomic E-state index is 0.143. The molecule has 2 aromatic carbocycles. The van der Waals surface area contributed by atoms with Gasteiger partial charge in [0, 0.05) is 11.4 Å². The summed E-state index contributed by atoms with van der Waals surface area (Å²) < 4.78 is 0. The second-order valence-corrected chi connectivity index (χ2v) is 5.83. The lowest BCUT2D eigenvalue weighted by Crippen LogP contribution is -2.31. The van der Waals surface area contributed by atoms with Crippen LogP contribution < -0.4 is 10.6 Å². The van der Waals surface area contributed by atoms with Crippen molar-refractivity contribution in [2.45, 2.75) is 32.7 Å². The van der Waals surface area contributed by atoms with Gasteiger partial charge in [0.05, 0.1) is 11.6 Å². The van der Waals surface area contributed by atoms with Crippen LogP contribution in [0.1, 0.15) is 37.8 Å². The largest absolute Gasteiger partial charge is 0.374 e. The van der Waals surface area contributed by atoms with Gasteiger partial charge in [0.25, 0.3) is 0 Å². The van der Waals surface area contributed by atoms with E-state index in [1.807, 2.05) is 19.1 Å². The standard InChI is InChI=1S/C19H21N3O/c1-13(2)16-7-5-9-18(11-16)21-14(3)19(23)22-17-8-4-6-15(10-17)12-20/h4-11,13-14,21H,1-3H3,(H,22,23)/t14-/m1/s1. The molecule has 0 aliphatic rings. The van der Waals surface area contributed by atoms with Crippen LogP contribution in [0.4, 0.5) is 11.4 Å². The predicted octanol–water partition coefficient (Wildman–Crippen LogP) is 4.12. The third-order valence-electron chi connectivity index (χ3n) is 3.59. The number of hydrogen-bond donors (Lipinski definition) is 2. The Labute approximate surface area is 137 Å². The number of benzene rings is 2. The van der Waals surface area contributed by atoms with Crippen LogP contribution in [-0.4, -0.2) is 11.9 Å². The zero-order chi connectivity index (χ0) is 16.8. The van der Waals surface area contributed by atoms with E-state index < -0.39 is 0 Å². The van der Waals surface area contributed by atoms with Crippen LogP contribution in [0.15, 0.2) is 48.5 Å². The number of rotatable bonds is 5. The third-order valence-corrected chi connectivity index (χ3v) is 3.59. The van der Waals surface area contributed by atoms with Crippen LogP contribution in [0, 0.1) is 11.3 Å². The fourth-order valence-corrected chi connectivity index (χ4v) is 2.22. The molecule has 0 aliphatic heterocycles. The van der Waals surface area contributed by atoms with Crippen molar-refractivity contribution in [2.75, 3.05) is 10.6 Å². The molecule has 0 aliphatic carbocycles. The Morgan fingerprint density at radius 1 is 1.04 bits per heavy atom. The van der Waals surface area contributed by atoms with E-state index in [4.69, 9.17) is 5.26 Å². The molecule has 0 spiro atoms. The minimum atomic E-state index is -0.386. The number of hydrogen-bond acceptors (Lipinski definition) is 3. The molecule has 1 atom stereocenters. The van der Waals surface area contributed by atoms with Crippen LogP contribution in [0.3, 0.4) is 0 Å². The summed E-state index contributed by atoms with van der Waals surface area (Å²) in [5.74, 6) is 0.296. The molecular weight excluding hydrogens is 286 g/mol. The number of amides is 1. The molecule has 0 fully saturated rings. The van der Waals surface area contributed by atoms with Crippen LogP contribution in [-0.2, 0) is 4.79 Å². The van der Waals surface area contributed by atoms with E-state index in [-0.39, 0.29) is 11.9 Å². The molecular formula is C19H21N3O. The lowest BCUT2D eigenvalue weighted by Gasteiger charge is -2.16. The molecule has 0 unspecified atom stereocenters. The number of carbonyl (C=O) groups is 1. The number of nitriles is 1. The van der Waals surface area contributed by atoms with Gasteiger partial charge in [-0.15, -0.1) is 0 Å². The van der Waals surface area contributed by atoms with Gasteiger partial charge >= 0.3 is 0 Å². The molecule has 1 amide bonds. The van der Waals surface area contributed by atoms with Crippen molar-refractivity contribution in [3.8, 4) is 6.07 Å². The topological polar surface area (TPSA) is 64.9 Å². The molecule has 0 radical (unpaired) electrons. The van der Waals surface area contributed by atoms with Crippen LogP contribution in [0.25, 0.3) is 0 Å². The Morgan fingerprint density at radius 2 is 1.74 bits per heavy atom. The quantitative estimate of drug-likeness (QED) is 0.873. The molecule has 4 nitrogen and oxygen atoms in total. The lowest BCUT2D eigenvalue weighted by atomic mass is 10.0. The van der Waals surface area contributed by atoms with Gasteiger partial charge in [-0.25, -0.2) is 0 Å². The average molecular weight is 307 g/mol. The van der Waals surface area contributed by atoms with Gasteiger partial charge in [0.2, 0.25) is 5.91 Å². The first-order valence-corrected chi connectivity index (χ1v) is 7.67. The van der Waals surface area contributed by atoms with Crippen LogP contribution in [0.2, 0.25) is 0 Å². The van der Waals surface area contributed by atoms with E-state index in [0.717, 1.165) is 5.69 Å². The van der Waals surface area contributed by atoms with Crippen molar-refractivity contribution in [1.82, 2.24) is 0 Å². The molecule has 118 valence electrons. The fraction of sp³-hybridized carbons (Fsp3) is 0.263. The Balaban J connectivity index is 2.02. The van der Waals surface area contributed by atoms with E-state index in [9.17, 15) is 4.79 Å². The first-order chi connectivity index (χ1) is 11.0. The summed E-state index contributed by atoms with van der Waals surface area (Å²) in [7, 11) is 0. The predicted molar refractivity (Wildman–Crippen MR) is 93.4 cm³/mol. The van der Waals surface area contributed by atoms with Crippen molar-refractivity contribution in [2.24, 2.45) is 0 Å². The summed E-state index contributed by atoms with van der Waals surface area (Å²) in [6.07, 6.45) is 0. The fourth-order valence-electron chi connectivity index (χ4n) is 2.22. The first kappa shape index (κ1) is 16.6. The highest BCUT2D eigenvalue weighted by atomic mass is 16.2. The third kappa shape index (κ3) is 4.58. The number of nitrogens with one attached hydrogen (secondary N) is 2. The van der Waals surface area contributed by atoms with E-state index in [1.165, 1.54) is 5.56 Å². The van der Waals surface area contributed by atoms with Crippen molar-refractivity contribution >= 4 is 17.3 Å². The summed E-state index contributed by atoms with van der Waals surface area (Å²) in [4.78, 5) is 12.3. The molecule has 2 N–H and O–H groups in total. The Kier molecular flexibility index (Phi) is 5.37. The summed E-state index contributed by atoms with van der Waals surface area (Å²) in [5, 5.41) is 14.9. The van der Waals surface area contributed by atoms with Gasteiger partial charge in [-0.1, -0.05) is 32.0 Å². The number of anilines is 2. The monoisotopic (exact) mass is 307 g/mol. The second kappa shape index (κ2) is 7.46. The Bertz CT molecular complexity index is 731. The molecule has 4 heteroatoms. The van der Waals surface area contributed by atoms with Gasteiger partial charge in [0.1, 0.15) is 6.04 Å². The number of carbonyl (C=O) groups excluding carboxylic acids is 1. The first-order valence-electron chi connectivity index (χ1n) is 7.67. The van der Waals surface area contributed by atoms with E-state index in [1.54, 1.807) is 24.3 Å². The molecule has 23 heavy (non-hydrogen) atoms. The smallest absolute Gasteiger partial charge is 0.246 e. The van der Waals surface area contributed by atoms with E-state index >= 15 is 0 Å². The minimum Gasteiger partial charge on any atom is -0.374 e. The van der Waals surface area contributed by atoms with Gasteiger partial charge in [0.15, 0.2) is 0 Å². The number of nitrogens with zero attached hydrogens (tertiary/aromatic N) is 1. The highest BCUT2D eigenvalue weighted by Crippen LogP contribution is 2.19. The SMILES string of the molecule is CC(C)c1cccc(N[C@H](C)C(=O)Nc2cccc(C#N)c2)c1. The molecule has 0 saturated carbocycles. The molecule has 0 aromatic heterocycles. The van der Waals surface area contributed by atoms with Crippen LogP contribution >= 0.6 is 0 Å². The molecule has 2 aromatic rings. The summed E-state index contributed by atoms with van der Waals surface area (Å²) in [6.45, 7) is 6.08. The van der Waals surface area contributed by atoms with E-state index in [2.05, 4.69) is 42.7 Å². The van der Waals surface area contributed by atoms with Crippen molar-refractivity contribution < 1.29 is 4.79 Å². The average Bonchev–Trinajstić information content (AvgIpc) is 2.55. The van der Waals surface area contributed by atoms with Crippen LogP contribution in [0.5, 0.6) is 0 Å². The summed E-state index contributed by atoms with van der Waals surface area (Å²) in [6, 6.07) is 16.6. The zero-order valence-electron chi connectivity index (χ0n) is 13.6. The molecule has 0 saturated heterocycles. The van der Waals surface area contributed by atoms with Gasteiger partial charge < -0.3 is 10.6 Å². The van der Waals surface area contributed by atoms with Crippen molar-refractivity contribution in [3.05, 3.63) is 59.7 Å². The molecule has 0 heterocycles. The lowest BCUT2D eigenvalue weighted by molar-refractivity contribution is -0.116. The summed E-state index contributed by atoms with van der Waals surface area (Å²) >= 11 is 0. The highest BCUT2D eigenvalue weighted by molar-refractivity contribution is 5.96. The molecule has 0 bridgehead atoms. The van der Waals surface area contributed by atoms with Gasteiger partial charge in [-0.05, 0) is 48.7 Å². The van der Waals surface area contributed by atoms with E-state index in [0.29, 0.717) is 17.2 Å². The summed E-state index contributed by atoms with van der Waals surface area (Å²) in [5.41, 5.74) is 3.29. The maximum Gasteiger partial charge on any atom is 0.246 e. The van der Waals surface area contributed by atoms with Crippen molar-refractivity contribution in [1.29, 1.82) is 5.26 Å². The van der Waals surface area contributed by atoms with Gasteiger partial charge in [-0.2, -0.15) is 5.26 Å². The highest BCUT2D eigenvalue weighted by Gasteiger charge is 2.13. The maximum absolute atomic E-state index is 12.3. The second-order valence-electron chi connectivity index (χ2n) is 5.83.